The minimum atomic E-state index is -0.152. The predicted octanol–water partition coefficient (Wildman–Crippen LogP) is 20.6. The summed E-state index contributed by atoms with van der Waals surface area (Å²) in [5.74, 6) is 0. The number of hydrogen-bond donors (Lipinski definition) is 0. The number of benzene rings is 9. The first kappa shape index (κ1) is 52.5. The molecule has 408 valence electrons. The summed E-state index contributed by atoms with van der Waals surface area (Å²) in [5.41, 5.74) is 25.0. The average Bonchev–Trinajstić information content (AvgIpc) is 1.62. The van der Waals surface area contributed by atoms with Gasteiger partial charge in [-0.15, -0.1) is 11.3 Å². The molecule has 0 amide bonds. The van der Waals surface area contributed by atoms with E-state index in [4.69, 9.17) is 4.42 Å². The largest absolute Gasteiger partial charge is 0.455 e. The molecule has 3 aromatic heterocycles. The fourth-order valence-electron chi connectivity index (χ4n) is 13.5. The van der Waals surface area contributed by atoms with Crippen LogP contribution in [0, 0.1) is 0 Å². The first-order valence-electron chi connectivity index (χ1n) is 29.7. The van der Waals surface area contributed by atoms with Gasteiger partial charge < -0.3 is 13.8 Å². The second-order valence-electron chi connectivity index (χ2n) is 29.1. The standard InChI is InChI=1S/C77H75BN2OS/c1-73(2,3)49-25-20-45(21-26-49)38-48(47-23-27-50(28-24-47)74(4,5)6)39-46-22-35-55-57-43-63-59(44-66(57)82-65(55)40-46)67-68-56-18-16-17-19-64(56)81-72(68)69-58-41-52(76(10,11)12)31-36-61(58)79-62-37-32-53(77(13,14)15)42-60(62)78(70(67)71(69)79)80(63)54-33-29-51(30-34-54)75(7,8)9/h16-38,40-44H,39H2,1-15H3/b48-38-. The number of allylic oxidation sites excluding steroid dienone is 1. The molecule has 0 saturated carbocycles. The van der Waals surface area contributed by atoms with Crippen LogP contribution >= 0.6 is 11.3 Å². The zero-order valence-electron chi connectivity index (χ0n) is 50.7. The molecule has 5 heteroatoms. The van der Waals surface area contributed by atoms with Gasteiger partial charge in [0.25, 0.3) is 0 Å². The van der Waals surface area contributed by atoms with E-state index < -0.39 is 0 Å². The van der Waals surface area contributed by atoms with E-state index in [0.717, 1.165) is 23.0 Å². The van der Waals surface area contributed by atoms with Crippen LogP contribution in [0.15, 0.2) is 168 Å². The summed E-state index contributed by atoms with van der Waals surface area (Å²) in [4.78, 5) is 2.72. The molecule has 2 aliphatic rings. The second-order valence-corrected chi connectivity index (χ2v) is 30.2. The predicted molar refractivity (Wildman–Crippen MR) is 358 cm³/mol. The zero-order chi connectivity index (χ0) is 57.3. The summed E-state index contributed by atoms with van der Waals surface area (Å²) < 4.78 is 12.5. The van der Waals surface area contributed by atoms with Gasteiger partial charge in [-0.1, -0.05) is 219 Å². The van der Waals surface area contributed by atoms with Gasteiger partial charge in [0.1, 0.15) is 11.2 Å². The van der Waals surface area contributed by atoms with Gasteiger partial charge in [-0.2, -0.15) is 0 Å². The van der Waals surface area contributed by atoms with Crippen molar-refractivity contribution in [2.24, 2.45) is 0 Å². The maximum absolute atomic E-state index is 7.32. The van der Waals surface area contributed by atoms with Gasteiger partial charge in [-0.25, -0.2) is 0 Å². The number of nitrogens with zero attached hydrogens (tertiary/aromatic N) is 2. The normalized spacial score (nSPS) is 14.1. The first-order chi connectivity index (χ1) is 38.8. The van der Waals surface area contributed by atoms with E-state index >= 15 is 0 Å². The summed E-state index contributed by atoms with van der Waals surface area (Å²) in [5, 5.41) is 7.37. The third-order valence-corrected chi connectivity index (χ3v) is 19.3. The Morgan fingerprint density at radius 3 is 1.74 bits per heavy atom. The lowest BCUT2D eigenvalue weighted by Crippen LogP contribution is -2.60. The van der Waals surface area contributed by atoms with Gasteiger partial charge in [0.05, 0.1) is 16.4 Å². The molecule has 0 radical (unpaired) electrons. The maximum atomic E-state index is 7.32. The minimum absolute atomic E-state index is 0.00267. The highest BCUT2D eigenvalue weighted by Gasteiger charge is 2.47. The fraction of sp³-hybridized carbons (Fsp3) is 0.273. The van der Waals surface area contributed by atoms with Crippen LogP contribution < -0.4 is 15.7 Å². The average molecular weight is 1090 g/mol. The molecule has 0 aliphatic carbocycles. The van der Waals surface area contributed by atoms with Crippen molar-refractivity contribution >= 4 is 116 Å². The SMILES string of the molecule is CC(C)(C)c1ccc(/C=C(/Cc2ccc3c(c2)sc2cc4c(cc23)N(c2ccc(C(C)(C)C)cc2)B2c3cc(C(C)(C)C)ccc3-n3c5ccc(C(C)(C)C)cc5c5c6oc7ccccc7c6c-4c2c53)c2ccc(C(C)(C)C)cc2)cc1. The van der Waals surface area contributed by atoms with E-state index in [1.54, 1.807) is 0 Å². The number of aromatic nitrogens is 1. The van der Waals surface area contributed by atoms with Gasteiger partial charge >= 0.3 is 6.85 Å². The molecule has 9 aromatic carbocycles. The van der Waals surface area contributed by atoms with Crippen LogP contribution in [0.4, 0.5) is 11.4 Å². The first-order valence-corrected chi connectivity index (χ1v) is 30.5. The quantitative estimate of drug-likeness (QED) is 0.127. The molecule has 0 N–H and O–H groups in total. The van der Waals surface area contributed by atoms with Crippen molar-refractivity contribution in [2.45, 2.75) is 137 Å². The van der Waals surface area contributed by atoms with Crippen LogP contribution in [-0.2, 0) is 33.5 Å². The Kier molecular flexibility index (Phi) is 11.5. The van der Waals surface area contributed by atoms with Gasteiger partial charge in [0.15, 0.2) is 0 Å². The molecule has 3 nitrogen and oxygen atoms in total. The van der Waals surface area contributed by atoms with Crippen LogP contribution in [0.2, 0.25) is 0 Å². The third kappa shape index (κ3) is 8.34. The molecule has 0 spiro atoms. The molecular formula is C77H75BN2OS. The van der Waals surface area contributed by atoms with Gasteiger partial charge in [-0.05, 0) is 155 Å². The summed E-state index contributed by atoms with van der Waals surface area (Å²) in [6.45, 7) is 34.6. The highest BCUT2D eigenvalue weighted by Crippen LogP contribution is 2.54. The summed E-state index contributed by atoms with van der Waals surface area (Å²) in [6.07, 6.45) is 3.22. The van der Waals surface area contributed by atoms with Gasteiger partial charge in [-0.3, -0.25) is 0 Å². The molecule has 0 unspecified atom stereocenters. The van der Waals surface area contributed by atoms with Crippen molar-refractivity contribution in [1.29, 1.82) is 0 Å². The highest BCUT2D eigenvalue weighted by atomic mass is 32.1. The van der Waals surface area contributed by atoms with Crippen molar-refractivity contribution < 1.29 is 4.42 Å². The number of hydrogen-bond acceptors (Lipinski definition) is 3. The van der Waals surface area contributed by atoms with E-state index in [1.165, 1.54) is 137 Å². The van der Waals surface area contributed by atoms with E-state index in [0.29, 0.717) is 0 Å². The van der Waals surface area contributed by atoms with Crippen LogP contribution in [0.3, 0.4) is 0 Å². The minimum Gasteiger partial charge on any atom is -0.455 e. The molecule has 2 aliphatic heterocycles. The molecule has 82 heavy (non-hydrogen) atoms. The van der Waals surface area contributed by atoms with Crippen molar-refractivity contribution in [3.05, 3.63) is 208 Å². The number of rotatable bonds is 5. The summed E-state index contributed by atoms with van der Waals surface area (Å²) in [6, 6.07) is 63.8. The Morgan fingerprint density at radius 1 is 0.500 bits per heavy atom. The van der Waals surface area contributed by atoms with Crippen molar-refractivity contribution in [2.75, 3.05) is 4.81 Å². The van der Waals surface area contributed by atoms with E-state index in [9.17, 15) is 0 Å². The monoisotopic (exact) mass is 1090 g/mol. The van der Waals surface area contributed by atoms with Crippen molar-refractivity contribution in [3.8, 4) is 16.8 Å². The van der Waals surface area contributed by atoms with Gasteiger partial charge in [0.2, 0.25) is 0 Å². The van der Waals surface area contributed by atoms with E-state index in [1.807, 2.05) is 11.3 Å². The Morgan fingerprint density at radius 2 is 1.09 bits per heavy atom. The molecule has 12 aromatic rings. The molecular weight excluding hydrogens is 1010 g/mol. The van der Waals surface area contributed by atoms with Crippen molar-refractivity contribution in [3.63, 3.8) is 0 Å². The maximum Gasteiger partial charge on any atom is 0.333 e. The molecule has 0 saturated heterocycles. The molecule has 5 heterocycles. The fourth-order valence-corrected chi connectivity index (χ4v) is 14.7. The Hall–Kier alpha value is -7.60. The van der Waals surface area contributed by atoms with Crippen LogP contribution in [0.1, 0.15) is 148 Å². The number of anilines is 2. The lowest BCUT2D eigenvalue weighted by Gasteiger charge is -2.42. The highest BCUT2D eigenvalue weighted by molar-refractivity contribution is 7.25. The Bertz CT molecular complexity index is 4640. The number of fused-ring (bicyclic) bond motifs is 16. The Labute approximate surface area is 489 Å². The number of para-hydroxylation sites is 1. The van der Waals surface area contributed by atoms with Gasteiger partial charge in [0, 0.05) is 59.0 Å². The lowest BCUT2D eigenvalue weighted by atomic mass is 9.43. The smallest absolute Gasteiger partial charge is 0.333 e. The number of thiophene rings is 1. The molecule has 0 fully saturated rings. The third-order valence-electron chi connectivity index (χ3n) is 18.2. The molecule has 14 rings (SSSR count). The van der Waals surface area contributed by atoms with Crippen LogP contribution in [0.5, 0.6) is 0 Å². The molecule has 0 atom stereocenters. The van der Waals surface area contributed by atoms with E-state index in [2.05, 4.69) is 283 Å². The Balaban J connectivity index is 1.04. The second kappa shape index (κ2) is 18.0. The van der Waals surface area contributed by atoms with Crippen molar-refractivity contribution in [1.82, 2.24) is 4.57 Å². The lowest BCUT2D eigenvalue weighted by molar-refractivity contribution is 0.590. The summed E-state index contributed by atoms with van der Waals surface area (Å²) in [7, 11) is 0. The number of furan rings is 1. The van der Waals surface area contributed by atoms with E-state index in [-0.39, 0.29) is 33.9 Å². The van der Waals surface area contributed by atoms with Crippen LogP contribution in [-0.4, -0.2) is 11.4 Å². The topological polar surface area (TPSA) is 21.3 Å². The van der Waals surface area contributed by atoms with Crippen LogP contribution in [0.25, 0.3) is 92.4 Å². The summed E-state index contributed by atoms with van der Waals surface area (Å²) >= 11 is 1.93. The zero-order valence-corrected chi connectivity index (χ0v) is 51.5. The molecule has 0 bridgehead atoms.